The van der Waals surface area contributed by atoms with E-state index in [1.807, 2.05) is 7.05 Å². The van der Waals surface area contributed by atoms with Crippen molar-refractivity contribution in [3.63, 3.8) is 0 Å². The Bertz CT molecular complexity index is 246. The Labute approximate surface area is 134 Å². The minimum atomic E-state index is 0. The van der Waals surface area contributed by atoms with Crippen molar-refractivity contribution in [3.8, 4) is 0 Å². The highest BCUT2D eigenvalue weighted by Gasteiger charge is 2.24. The number of guanidine groups is 1. The average molecular weight is 385 g/mol. The molecule has 18 heavy (non-hydrogen) atoms. The molecule has 0 saturated carbocycles. The molecule has 1 atom stereocenters. The van der Waals surface area contributed by atoms with Crippen LogP contribution in [-0.2, 0) is 0 Å². The summed E-state index contributed by atoms with van der Waals surface area (Å²) in [7, 11) is 1.89. The number of thioether (sulfide) groups is 1. The van der Waals surface area contributed by atoms with Crippen molar-refractivity contribution in [3.05, 3.63) is 0 Å². The van der Waals surface area contributed by atoms with Crippen molar-refractivity contribution >= 4 is 41.7 Å². The summed E-state index contributed by atoms with van der Waals surface area (Å²) in [6.45, 7) is 10.1. The van der Waals surface area contributed by atoms with E-state index in [0.717, 1.165) is 36.8 Å². The second kappa shape index (κ2) is 10.2. The zero-order valence-electron chi connectivity index (χ0n) is 12.1. The van der Waals surface area contributed by atoms with Gasteiger partial charge in [-0.1, -0.05) is 27.2 Å². The molecule has 3 nitrogen and oxygen atoms in total. The number of halogens is 1. The summed E-state index contributed by atoms with van der Waals surface area (Å²) in [6.07, 6.45) is 2.45. The number of unbranched alkanes of at least 4 members (excludes halogenated alkanes) is 1. The predicted octanol–water partition coefficient (Wildman–Crippen LogP) is 3.05. The smallest absolute Gasteiger partial charge is 0.193 e. The van der Waals surface area contributed by atoms with E-state index in [-0.39, 0.29) is 24.0 Å². The number of hydrogen-bond donors (Lipinski definition) is 1. The van der Waals surface area contributed by atoms with Crippen molar-refractivity contribution in [1.82, 2.24) is 10.2 Å². The van der Waals surface area contributed by atoms with Gasteiger partial charge in [0.1, 0.15) is 0 Å². The van der Waals surface area contributed by atoms with Gasteiger partial charge in [0.25, 0.3) is 0 Å². The molecule has 0 aliphatic carbocycles. The molecular weight excluding hydrogens is 357 g/mol. The summed E-state index contributed by atoms with van der Waals surface area (Å²) in [5, 5.41) is 4.21. The molecule has 1 aliphatic rings. The van der Waals surface area contributed by atoms with Crippen molar-refractivity contribution < 1.29 is 0 Å². The molecule has 0 aromatic carbocycles. The van der Waals surface area contributed by atoms with Crippen LogP contribution in [-0.4, -0.2) is 48.5 Å². The van der Waals surface area contributed by atoms with Crippen LogP contribution in [0.2, 0.25) is 0 Å². The molecule has 0 aromatic heterocycles. The van der Waals surface area contributed by atoms with Gasteiger partial charge in [0.15, 0.2) is 5.96 Å². The topological polar surface area (TPSA) is 27.6 Å². The Hall–Kier alpha value is 0.350. The Morgan fingerprint density at radius 2 is 2.22 bits per heavy atom. The molecule has 1 saturated heterocycles. The molecule has 1 aliphatic heterocycles. The first-order valence-corrected chi connectivity index (χ1v) is 7.81. The molecule has 1 rings (SSSR count). The zero-order chi connectivity index (χ0) is 12.7. The highest BCUT2D eigenvalue weighted by molar-refractivity contribution is 14.0. The Morgan fingerprint density at radius 1 is 1.50 bits per heavy atom. The molecule has 0 bridgehead atoms. The van der Waals surface area contributed by atoms with Gasteiger partial charge in [-0.2, -0.15) is 11.8 Å². The second-order valence-corrected chi connectivity index (χ2v) is 6.27. The third kappa shape index (κ3) is 5.99. The summed E-state index contributed by atoms with van der Waals surface area (Å²) < 4.78 is 0. The number of nitrogens with one attached hydrogen (secondary N) is 1. The summed E-state index contributed by atoms with van der Waals surface area (Å²) >= 11 is 2.11. The fourth-order valence-electron chi connectivity index (χ4n) is 1.98. The minimum Gasteiger partial charge on any atom is -0.356 e. The van der Waals surface area contributed by atoms with E-state index in [1.165, 1.54) is 18.6 Å². The van der Waals surface area contributed by atoms with Crippen LogP contribution in [0.4, 0.5) is 0 Å². The van der Waals surface area contributed by atoms with Crippen LogP contribution in [0.1, 0.15) is 33.6 Å². The third-order valence-electron chi connectivity index (χ3n) is 3.16. The van der Waals surface area contributed by atoms with Crippen LogP contribution < -0.4 is 5.32 Å². The maximum atomic E-state index is 4.40. The van der Waals surface area contributed by atoms with E-state index in [2.05, 4.69) is 47.7 Å². The predicted molar refractivity (Wildman–Crippen MR) is 94.3 cm³/mol. The van der Waals surface area contributed by atoms with Gasteiger partial charge in [0.05, 0.1) is 0 Å². The quantitative estimate of drug-likeness (QED) is 0.349. The van der Waals surface area contributed by atoms with Gasteiger partial charge in [-0.05, 0) is 12.3 Å². The fourth-order valence-corrected chi connectivity index (χ4v) is 3.28. The Balaban J connectivity index is 0.00000289. The Kier molecular flexibility index (Phi) is 10.4. The second-order valence-electron chi connectivity index (χ2n) is 4.93. The van der Waals surface area contributed by atoms with Gasteiger partial charge in [0.2, 0.25) is 0 Å². The lowest BCUT2D eigenvalue weighted by Crippen LogP contribution is -2.49. The van der Waals surface area contributed by atoms with Crippen molar-refractivity contribution in [2.45, 2.75) is 38.9 Å². The number of hydrogen-bond acceptors (Lipinski definition) is 2. The SMILES string of the molecule is CCCCNC(=NC)N1CCSC(C(C)C)C1.I. The highest BCUT2D eigenvalue weighted by Crippen LogP contribution is 2.24. The molecule has 1 unspecified atom stereocenters. The molecule has 108 valence electrons. The van der Waals surface area contributed by atoms with Gasteiger partial charge in [0, 0.05) is 37.7 Å². The molecule has 1 heterocycles. The van der Waals surface area contributed by atoms with Crippen LogP contribution in [0.3, 0.4) is 0 Å². The van der Waals surface area contributed by atoms with Gasteiger partial charge < -0.3 is 10.2 Å². The summed E-state index contributed by atoms with van der Waals surface area (Å²) in [4.78, 5) is 6.81. The van der Waals surface area contributed by atoms with Crippen LogP contribution in [0, 0.1) is 5.92 Å². The van der Waals surface area contributed by atoms with E-state index in [0.29, 0.717) is 0 Å². The summed E-state index contributed by atoms with van der Waals surface area (Å²) in [6, 6.07) is 0. The van der Waals surface area contributed by atoms with Gasteiger partial charge in [-0.15, -0.1) is 24.0 Å². The van der Waals surface area contributed by atoms with E-state index in [9.17, 15) is 0 Å². The van der Waals surface area contributed by atoms with Gasteiger partial charge in [-0.3, -0.25) is 4.99 Å². The van der Waals surface area contributed by atoms with Crippen LogP contribution in [0.25, 0.3) is 0 Å². The molecule has 0 amide bonds. The van der Waals surface area contributed by atoms with Crippen LogP contribution in [0.15, 0.2) is 4.99 Å². The fraction of sp³-hybridized carbons (Fsp3) is 0.923. The maximum Gasteiger partial charge on any atom is 0.193 e. The van der Waals surface area contributed by atoms with Gasteiger partial charge in [-0.25, -0.2) is 0 Å². The van der Waals surface area contributed by atoms with Crippen molar-refractivity contribution in [2.24, 2.45) is 10.9 Å². The lowest BCUT2D eigenvalue weighted by atomic mass is 10.1. The lowest BCUT2D eigenvalue weighted by Gasteiger charge is -2.36. The number of aliphatic imine (C=N–C) groups is 1. The van der Waals surface area contributed by atoms with Crippen LogP contribution in [0.5, 0.6) is 0 Å². The van der Waals surface area contributed by atoms with Crippen LogP contribution >= 0.6 is 35.7 Å². The van der Waals surface area contributed by atoms with E-state index >= 15 is 0 Å². The number of rotatable bonds is 4. The third-order valence-corrected chi connectivity index (χ3v) is 4.70. The lowest BCUT2D eigenvalue weighted by molar-refractivity contribution is 0.380. The first kappa shape index (κ1) is 18.4. The molecule has 0 spiro atoms. The average Bonchev–Trinajstić information content (AvgIpc) is 2.35. The van der Waals surface area contributed by atoms with E-state index < -0.39 is 0 Å². The molecular formula is C13H28IN3S. The van der Waals surface area contributed by atoms with E-state index in [4.69, 9.17) is 0 Å². The Morgan fingerprint density at radius 3 is 2.78 bits per heavy atom. The normalized spacial score (nSPS) is 20.8. The van der Waals surface area contributed by atoms with E-state index in [1.54, 1.807) is 0 Å². The standard InChI is InChI=1S/C13H27N3S.HI/c1-5-6-7-15-13(14-4)16-8-9-17-12(10-16)11(2)3;/h11-12H,5-10H2,1-4H3,(H,14,15);1H. The molecule has 0 radical (unpaired) electrons. The molecule has 1 fully saturated rings. The summed E-state index contributed by atoms with van der Waals surface area (Å²) in [5.74, 6) is 3.05. The van der Waals surface area contributed by atoms with Gasteiger partial charge >= 0.3 is 0 Å². The molecule has 5 heteroatoms. The molecule has 0 aromatic rings. The zero-order valence-corrected chi connectivity index (χ0v) is 15.3. The van der Waals surface area contributed by atoms with Crippen molar-refractivity contribution in [1.29, 1.82) is 0 Å². The number of nitrogens with zero attached hydrogens (tertiary/aromatic N) is 2. The maximum absolute atomic E-state index is 4.40. The highest BCUT2D eigenvalue weighted by atomic mass is 127. The largest absolute Gasteiger partial charge is 0.356 e. The minimum absolute atomic E-state index is 0. The summed E-state index contributed by atoms with van der Waals surface area (Å²) in [5.41, 5.74) is 0. The first-order valence-electron chi connectivity index (χ1n) is 6.76. The first-order chi connectivity index (χ1) is 8.19. The monoisotopic (exact) mass is 385 g/mol. The van der Waals surface area contributed by atoms with Crippen molar-refractivity contribution in [2.75, 3.05) is 32.4 Å². The molecule has 1 N–H and O–H groups in total.